The third-order valence-electron chi connectivity index (χ3n) is 3.57. The van der Waals surface area contributed by atoms with Crippen LogP contribution in [0.5, 0.6) is 0 Å². The second kappa shape index (κ2) is 6.53. The van der Waals surface area contributed by atoms with Crippen molar-refractivity contribution in [3.8, 4) is 0 Å². The Bertz CT molecular complexity index is 485. The number of nitrogens with one attached hydrogen (secondary N) is 1. The lowest BCUT2D eigenvalue weighted by atomic mass is 10.0. The SMILES string of the molecule is CCC(Cc1ccccc1)NCc1c(C)noc1C. The Morgan fingerprint density at radius 2 is 1.95 bits per heavy atom. The standard InChI is InChI=1S/C16H22N2O/c1-4-15(10-14-8-6-5-7-9-14)17-11-16-12(2)18-19-13(16)3/h5-9,15,17H,4,10-11H2,1-3H3. The van der Waals surface area contributed by atoms with Gasteiger partial charge in [0.2, 0.25) is 0 Å². The first kappa shape index (κ1) is 13.8. The highest BCUT2D eigenvalue weighted by Gasteiger charge is 2.12. The lowest BCUT2D eigenvalue weighted by molar-refractivity contribution is 0.391. The Balaban J connectivity index is 1.93. The summed E-state index contributed by atoms with van der Waals surface area (Å²) in [4.78, 5) is 0. The van der Waals surface area contributed by atoms with E-state index in [9.17, 15) is 0 Å². The highest BCUT2D eigenvalue weighted by Crippen LogP contribution is 2.13. The summed E-state index contributed by atoms with van der Waals surface area (Å²) in [6, 6.07) is 11.1. The number of hydrogen-bond donors (Lipinski definition) is 1. The molecule has 0 fully saturated rings. The molecular formula is C16H22N2O. The first-order valence-electron chi connectivity index (χ1n) is 6.89. The molecular weight excluding hydrogens is 236 g/mol. The summed E-state index contributed by atoms with van der Waals surface area (Å²) in [5.74, 6) is 0.916. The molecule has 1 atom stereocenters. The zero-order valence-electron chi connectivity index (χ0n) is 11.9. The van der Waals surface area contributed by atoms with Gasteiger partial charge in [-0.05, 0) is 32.3 Å². The van der Waals surface area contributed by atoms with Crippen LogP contribution in [0.1, 0.15) is 35.9 Å². The molecule has 0 amide bonds. The van der Waals surface area contributed by atoms with E-state index in [0.29, 0.717) is 6.04 Å². The molecule has 0 aliphatic rings. The number of nitrogens with zero attached hydrogens (tertiary/aromatic N) is 1. The van der Waals surface area contributed by atoms with Gasteiger partial charge in [-0.15, -0.1) is 0 Å². The molecule has 0 aliphatic carbocycles. The molecule has 3 heteroatoms. The summed E-state index contributed by atoms with van der Waals surface area (Å²) in [6.07, 6.45) is 2.17. The van der Waals surface area contributed by atoms with Crippen LogP contribution in [-0.2, 0) is 13.0 Å². The molecule has 0 bridgehead atoms. The fraction of sp³-hybridized carbons (Fsp3) is 0.438. The summed E-state index contributed by atoms with van der Waals surface area (Å²) < 4.78 is 5.19. The lowest BCUT2D eigenvalue weighted by Crippen LogP contribution is -2.30. The fourth-order valence-electron chi connectivity index (χ4n) is 2.26. The topological polar surface area (TPSA) is 38.1 Å². The zero-order valence-corrected chi connectivity index (χ0v) is 11.9. The average Bonchev–Trinajstić information content (AvgIpc) is 2.75. The van der Waals surface area contributed by atoms with Crippen LogP contribution in [0.3, 0.4) is 0 Å². The zero-order chi connectivity index (χ0) is 13.7. The summed E-state index contributed by atoms with van der Waals surface area (Å²) >= 11 is 0. The van der Waals surface area contributed by atoms with Gasteiger partial charge < -0.3 is 9.84 Å². The molecule has 3 nitrogen and oxygen atoms in total. The summed E-state index contributed by atoms with van der Waals surface area (Å²) in [7, 11) is 0. The average molecular weight is 258 g/mol. The molecule has 1 heterocycles. The summed E-state index contributed by atoms with van der Waals surface area (Å²) in [6.45, 7) is 7.00. The van der Waals surface area contributed by atoms with Crippen LogP contribution in [-0.4, -0.2) is 11.2 Å². The number of benzene rings is 1. The molecule has 2 rings (SSSR count). The molecule has 0 aliphatic heterocycles. The molecule has 1 N–H and O–H groups in total. The van der Waals surface area contributed by atoms with E-state index in [0.717, 1.165) is 30.8 Å². The molecule has 0 saturated heterocycles. The van der Waals surface area contributed by atoms with Crippen LogP contribution in [0.15, 0.2) is 34.9 Å². The molecule has 1 aromatic heterocycles. The van der Waals surface area contributed by atoms with Crippen LogP contribution < -0.4 is 5.32 Å². The first-order valence-corrected chi connectivity index (χ1v) is 6.89. The monoisotopic (exact) mass is 258 g/mol. The minimum atomic E-state index is 0.482. The van der Waals surface area contributed by atoms with E-state index in [-0.39, 0.29) is 0 Å². The van der Waals surface area contributed by atoms with Crippen LogP contribution in [0.4, 0.5) is 0 Å². The summed E-state index contributed by atoms with van der Waals surface area (Å²) in [5.41, 5.74) is 3.55. The van der Waals surface area contributed by atoms with E-state index in [4.69, 9.17) is 4.52 Å². The van der Waals surface area contributed by atoms with Gasteiger partial charge >= 0.3 is 0 Å². The number of aryl methyl sites for hydroxylation is 2. The van der Waals surface area contributed by atoms with Crippen molar-refractivity contribution in [3.05, 3.63) is 52.9 Å². The molecule has 19 heavy (non-hydrogen) atoms. The van der Waals surface area contributed by atoms with Crippen molar-refractivity contribution < 1.29 is 4.52 Å². The van der Waals surface area contributed by atoms with Crippen molar-refractivity contribution in [3.63, 3.8) is 0 Å². The number of rotatable bonds is 6. The Morgan fingerprint density at radius 3 is 2.53 bits per heavy atom. The van der Waals surface area contributed by atoms with Crippen molar-refractivity contribution in [2.24, 2.45) is 0 Å². The van der Waals surface area contributed by atoms with Gasteiger partial charge in [-0.3, -0.25) is 0 Å². The van der Waals surface area contributed by atoms with E-state index in [1.165, 1.54) is 11.1 Å². The second-order valence-electron chi connectivity index (χ2n) is 4.98. The number of aromatic nitrogens is 1. The molecule has 0 spiro atoms. The van der Waals surface area contributed by atoms with Crippen LogP contribution in [0, 0.1) is 13.8 Å². The van der Waals surface area contributed by atoms with E-state index in [1.54, 1.807) is 0 Å². The minimum Gasteiger partial charge on any atom is -0.361 e. The number of hydrogen-bond acceptors (Lipinski definition) is 3. The maximum absolute atomic E-state index is 5.19. The van der Waals surface area contributed by atoms with Gasteiger partial charge in [0.05, 0.1) is 5.69 Å². The van der Waals surface area contributed by atoms with E-state index < -0.39 is 0 Å². The van der Waals surface area contributed by atoms with Gasteiger partial charge in [0, 0.05) is 18.2 Å². The van der Waals surface area contributed by atoms with Crippen molar-refractivity contribution in [1.82, 2.24) is 10.5 Å². The van der Waals surface area contributed by atoms with E-state index in [1.807, 2.05) is 13.8 Å². The van der Waals surface area contributed by atoms with Gasteiger partial charge in [-0.25, -0.2) is 0 Å². The van der Waals surface area contributed by atoms with Crippen LogP contribution >= 0.6 is 0 Å². The maximum atomic E-state index is 5.19. The molecule has 1 unspecified atom stereocenters. The van der Waals surface area contributed by atoms with Crippen molar-refractivity contribution >= 4 is 0 Å². The van der Waals surface area contributed by atoms with Gasteiger partial charge in [0.15, 0.2) is 0 Å². The van der Waals surface area contributed by atoms with Crippen LogP contribution in [0.2, 0.25) is 0 Å². The normalized spacial score (nSPS) is 12.6. The Hall–Kier alpha value is -1.61. The van der Waals surface area contributed by atoms with Gasteiger partial charge in [-0.2, -0.15) is 0 Å². The minimum absolute atomic E-state index is 0.482. The van der Waals surface area contributed by atoms with Crippen molar-refractivity contribution in [2.75, 3.05) is 0 Å². The fourth-order valence-corrected chi connectivity index (χ4v) is 2.26. The van der Waals surface area contributed by atoms with Gasteiger partial charge in [-0.1, -0.05) is 42.4 Å². The van der Waals surface area contributed by atoms with Crippen molar-refractivity contribution in [2.45, 2.75) is 46.2 Å². The highest BCUT2D eigenvalue weighted by molar-refractivity contribution is 5.21. The Morgan fingerprint density at radius 1 is 1.21 bits per heavy atom. The molecule has 0 radical (unpaired) electrons. The second-order valence-corrected chi connectivity index (χ2v) is 4.98. The van der Waals surface area contributed by atoms with Gasteiger partial charge in [0.25, 0.3) is 0 Å². The van der Waals surface area contributed by atoms with Crippen LogP contribution in [0.25, 0.3) is 0 Å². The molecule has 2 aromatic rings. The van der Waals surface area contributed by atoms with E-state index in [2.05, 4.69) is 47.7 Å². The van der Waals surface area contributed by atoms with Crippen molar-refractivity contribution in [1.29, 1.82) is 0 Å². The van der Waals surface area contributed by atoms with Gasteiger partial charge in [0.1, 0.15) is 5.76 Å². The first-order chi connectivity index (χ1) is 9.20. The lowest BCUT2D eigenvalue weighted by Gasteiger charge is -2.17. The quantitative estimate of drug-likeness (QED) is 0.863. The smallest absolute Gasteiger partial charge is 0.138 e. The van der Waals surface area contributed by atoms with E-state index >= 15 is 0 Å². The predicted octanol–water partition coefficient (Wildman–Crippen LogP) is 3.40. The third-order valence-corrected chi connectivity index (χ3v) is 3.57. The molecule has 0 saturated carbocycles. The Labute approximate surface area is 115 Å². The Kier molecular flexibility index (Phi) is 4.74. The predicted molar refractivity (Wildman–Crippen MR) is 77.0 cm³/mol. The largest absolute Gasteiger partial charge is 0.361 e. The molecule has 1 aromatic carbocycles. The third kappa shape index (κ3) is 3.67. The molecule has 102 valence electrons. The maximum Gasteiger partial charge on any atom is 0.138 e. The summed E-state index contributed by atoms with van der Waals surface area (Å²) in [5, 5.41) is 7.59. The highest BCUT2D eigenvalue weighted by atomic mass is 16.5.